The maximum Gasteiger partial charge on any atom is 0.339 e. The lowest BCUT2D eigenvalue weighted by atomic mass is 10.1. The first kappa shape index (κ1) is 20.2. The van der Waals surface area contributed by atoms with Gasteiger partial charge in [0.25, 0.3) is 5.91 Å². The Morgan fingerprint density at radius 3 is 2.57 bits per heavy atom. The monoisotopic (exact) mass is 415 g/mol. The Morgan fingerprint density at radius 2 is 1.96 bits per heavy atom. The minimum atomic E-state index is -0.458. The molecule has 28 heavy (non-hydrogen) atoms. The summed E-state index contributed by atoms with van der Waals surface area (Å²) in [5.41, 5.74) is 4.61. The van der Waals surface area contributed by atoms with Crippen LogP contribution in [0.3, 0.4) is 0 Å². The van der Waals surface area contributed by atoms with Gasteiger partial charge in [0.05, 0.1) is 12.7 Å². The van der Waals surface area contributed by atoms with E-state index in [1.807, 2.05) is 37.4 Å². The number of ether oxygens (including phenoxy) is 1. The van der Waals surface area contributed by atoms with Gasteiger partial charge in [-0.05, 0) is 57.0 Å². The lowest BCUT2D eigenvalue weighted by Crippen LogP contribution is -2.15. The molecule has 2 heterocycles. The van der Waals surface area contributed by atoms with Gasteiger partial charge in [-0.2, -0.15) is 0 Å². The van der Waals surface area contributed by atoms with E-state index in [4.69, 9.17) is 4.74 Å². The average Bonchev–Trinajstić information content (AvgIpc) is 3.19. The lowest BCUT2D eigenvalue weighted by Gasteiger charge is -2.10. The predicted molar refractivity (Wildman–Crippen MR) is 112 cm³/mol. The van der Waals surface area contributed by atoms with Gasteiger partial charge in [-0.25, -0.2) is 9.78 Å². The largest absolute Gasteiger partial charge is 0.465 e. The Hall–Kier alpha value is -2.58. The highest BCUT2D eigenvalue weighted by Crippen LogP contribution is 2.32. The maximum absolute atomic E-state index is 12.7. The molecule has 0 saturated heterocycles. The average molecular weight is 416 g/mol. The number of aryl methyl sites for hydroxylation is 3. The van der Waals surface area contributed by atoms with Gasteiger partial charge in [0, 0.05) is 27.4 Å². The van der Waals surface area contributed by atoms with Crippen LogP contribution in [0.1, 0.15) is 43.4 Å². The third-order valence-electron chi connectivity index (χ3n) is 4.30. The Balaban J connectivity index is 1.78. The second-order valence-corrected chi connectivity index (χ2v) is 8.58. The second-order valence-electron chi connectivity index (χ2n) is 6.40. The zero-order valence-corrected chi connectivity index (χ0v) is 17.9. The van der Waals surface area contributed by atoms with Crippen LogP contribution in [0.15, 0.2) is 32.8 Å². The molecule has 0 fully saturated rings. The van der Waals surface area contributed by atoms with Crippen molar-refractivity contribution in [2.75, 3.05) is 12.4 Å². The molecule has 0 aliphatic rings. The number of hydrogen-bond donors (Lipinski definition) is 2. The van der Waals surface area contributed by atoms with Crippen molar-refractivity contribution in [1.29, 1.82) is 0 Å². The molecule has 0 bridgehead atoms. The van der Waals surface area contributed by atoms with E-state index in [2.05, 4.69) is 15.3 Å². The Morgan fingerprint density at radius 1 is 1.21 bits per heavy atom. The van der Waals surface area contributed by atoms with Crippen molar-refractivity contribution in [3.8, 4) is 0 Å². The zero-order valence-electron chi connectivity index (χ0n) is 16.3. The van der Waals surface area contributed by atoms with E-state index in [1.165, 1.54) is 7.11 Å². The second kappa shape index (κ2) is 8.20. The number of aromatic nitrogens is 2. The molecule has 1 aromatic carbocycles. The molecule has 0 saturated carbocycles. The van der Waals surface area contributed by atoms with Gasteiger partial charge in [-0.3, -0.25) is 4.79 Å². The Labute approximate surface area is 171 Å². The van der Waals surface area contributed by atoms with Crippen LogP contribution in [-0.4, -0.2) is 29.0 Å². The first-order valence-corrected chi connectivity index (χ1v) is 10.3. The minimum absolute atomic E-state index is 0.296. The molecule has 8 heteroatoms. The normalized spacial score (nSPS) is 10.8. The van der Waals surface area contributed by atoms with Crippen LogP contribution in [0.5, 0.6) is 0 Å². The summed E-state index contributed by atoms with van der Waals surface area (Å²) in [5, 5.41) is 4.94. The van der Waals surface area contributed by atoms with E-state index in [9.17, 15) is 9.59 Å². The van der Waals surface area contributed by atoms with Crippen molar-refractivity contribution in [3.05, 3.63) is 57.4 Å². The van der Waals surface area contributed by atoms with Crippen molar-refractivity contribution < 1.29 is 14.3 Å². The number of thiazole rings is 1. The molecule has 0 aliphatic carbocycles. The fraction of sp³-hybridized carbons (Fsp3) is 0.250. The van der Waals surface area contributed by atoms with Crippen molar-refractivity contribution in [2.24, 2.45) is 0 Å². The summed E-state index contributed by atoms with van der Waals surface area (Å²) in [7, 11) is 1.32. The number of esters is 1. The van der Waals surface area contributed by atoms with Crippen molar-refractivity contribution in [2.45, 2.75) is 36.9 Å². The number of anilines is 1. The molecular formula is C20H21N3O3S2. The summed E-state index contributed by atoms with van der Waals surface area (Å²) in [5.74, 6) is -0.755. The van der Waals surface area contributed by atoms with Gasteiger partial charge in [0.1, 0.15) is 5.69 Å². The Bertz CT molecular complexity index is 1050. The summed E-state index contributed by atoms with van der Waals surface area (Å²) in [6.07, 6.45) is 0. The fourth-order valence-corrected chi connectivity index (χ4v) is 4.80. The molecule has 0 aliphatic heterocycles. The summed E-state index contributed by atoms with van der Waals surface area (Å²) in [6.45, 7) is 7.39. The third kappa shape index (κ3) is 4.13. The zero-order chi connectivity index (χ0) is 20.4. The number of H-pyrrole nitrogens is 1. The highest BCUT2D eigenvalue weighted by atomic mass is 32.2. The standard InChI is InChI=1S/C20H21N3O3S2/c1-10-8-14(28-20-21-11(2)9-27-20)6-7-15(10)23-18(24)17-12(3)16(13(4)22-17)19(25)26-5/h6-9,22H,1-5H3,(H,23,24). The van der Waals surface area contributed by atoms with E-state index in [-0.39, 0.29) is 5.91 Å². The molecule has 0 radical (unpaired) electrons. The molecule has 3 aromatic rings. The highest BCUT2D eigenvalue weighted by Gasteiger charge is 2.22. The van der Waals surface area contributed by atoms with Crippen LogP contribution in [0.4, 0.5) is 5.69 Å². The van der Waals surface area contributed by atoms with Gasteiger partial charge in [0.2, 0.25) is 0 Å². The number of carbonyl (C=O) groups excluding carboxylic acids is 2. The Kier molecular flexibility index (Phi) is 5.90. The minimum Gasteiger partial charge on any atom is -0.465 e. The summed E-state index contributed by atoms with van der Waals surface area (Å²) in [6, 6.07) is 5.85. The topological polar surface area (TPSA) is 84.1 Å². The first-order valence-electron chi connectivity index (χ1n) is 8.59. The van der Waals surface area contributed by atoms with Crippen molar-refractivity contribution in [3.63, 3.8) is 0 Å². The van der Waals surface area contributed by atoms with Gasteiger partial charge >= 0.3 is 5.97 Å². The number of nitrogens with zero attached hydrogens (tertiary/aromatic N) is 1. The van der Waals surface area contributed by atoms with Gasteiger partial charge < -0.3 is 15.0 Å². The fourth-order valence-electron chi connectivity index (χ4n) is 2.89. The van der Waals surface area contributed by atoms with Crippen molar-refractivity contribution in [1.82, 2.24) is 9.97 Å². The van der Waals surface area contributed by atoms with Crippen LogP contribution in [-0.2, 0) is 4.74 Å². The molecular weight excluding hydrogens is 394 g/mol. The SMILES string of the molecule is COC(=O)c1c(C)[nH]c(C(=O)Nc2ccc(Sc3nc(C)cs3)cc2C)c1C. The van der Waals surface area contributed by atoms with Crippen LogP contribution in [0.2, 0.25) is 0 Å². The molecule has 2 N–H and O–H groups in total. The number of methoxy groups -OCH3 is 1. The maximum atomic E-state index is 12.7. The van der Waals surface area contributed by atoms with Gasteiger partial charge in [-0.15, -0.1) is 11.3 Å². The van der Waals surface area contributed by atoms with Crippen LogP contribution in [0, 0.1) is 27.7 Å². The van der Waals surface area contributed by atoms with E-state index in [1.54, 1.807) is 36.9 Å². The highest BCUT2D eigenvalue weighted by molar-refractivity contribution is 8.01. The number of amides is 1. The molecule has 0 spiro atoms. The first-order chi connectivity index (χ1) is 13.3. The molecule has 6 nitrogen and oxygen atoms in total. The molecule has 0 atom stereocenters. The van der Waals surface area contributed by atoms with E-state index in [0.717, 1.165) is 26.2 Å². The smallest absolute Gasteiger partial charge is 0.339 e. The summed E-state index contributed by atoms with van der Waals surface area (Å²) < 4.78 is 5.78. The van der Waals surface area contributed by atoms with Crippen LogP contribution < -0.4 is 5.32 Å². The number of carbonyl (C=O) groups is 2. The quantitative estimate of drug-likeness (QED) is 0.579. The number of aromatic amines is 1. The molecule has 146 valence electrons. The van der Waals surface area contributed by atoms with Gasteiger partial charge in [0.15, 0.2) is 4.34 Å². The summed E-state index contributed by atoms with van der Waals surface area (Å²) >= 11 is 3.21. The predicted octanol–water partition coefficient (Wildman–Crippen LogP) is 4.89. The summed E-state index contributed by atoms with van der Waals surface area (Å²) in [4.78, 5) is 33.2. The molecule has 1 amide bonds. The van der Waals surface area contributed by atoms with E-state index in [0.29, 0.717) is 22.5 Å². The number of hydrogen-bond acceptors (Lipinski definition) is 6. The number of rotatable bonds is 5. The van der Waals surface area contributed by atoms with Crippen LogP contribution >= 0.6 is 23.1 Å². The number of nitrogens with one attached hydrogen (secondary N) is 2. The lowest BCUT2D eigenvalue weighted by molar-refractivity contribution is 0.0599. The van der Waals surface area contributed by atoms with E-state index >= 15 is 0 Å². The van der Waals surface area contributed by atoms with Crippen molar-refractivity contribution >= 4 is 40.7 Å². The third-order valence-corrected chi connectivity index (χ3v) is 6.35. The number of benzene rings is 1. The van der Waals surface area contributed by atoms with Crippen LogP contribution in [0.25, 0.3) is 0 Å². The molecule has 3 rings (SSSR count). The van der Waals surface area contributed by atoms with Gasteiger partial charge in [-0.1, -0.05) is 11.8 Å². The van der Waals surface area contributed by atoms with E-state index < -0.39 is 5.97 Å². The molecule has 0 unspecified atom stereocenters. The molecule has 2 aromatic heterocycles.